The van der Waals surface area contributed by atoms with Gasteiger partial charge in [0, 0.05) is 6.54 Å². The molecule has 2 aromatic carbocycles. The standard InChI is InChI=1S/C18H16F4N2O2/c19-15-6-4-13(5-7-15)17(26)10-24(11-17)16(25)23-9-12-2-1-3-14(8-12)18(20,21)22/h1-8,26H,9-11H2,(H,23,25). The molecule has 1 fully saturated rings. The van der Waals surface area contributed by atoms with Crippen molar-refractivity contribution in [1.29, 1.82) is 0 Å². The molecule has 1 aliphatic rings. The fourth-order valence-electron chi connectivity index (χ4n) is 2.82. The topological polar surface area (TPSA) is 52.6 Å². The van der Waals surface area contributed by atoms with Crippen molar-refractivity contribution in [3.05, 3.63) is 71.0 Å². The van der Waals surface area contributed by atoms with Gasteiger partial charge in [-0.05, 0) is 35.4 Å². The summed E-state index contributed by atoms with van der Waals surface area (Å²) < 4.78 is 51.0. The molecular formula is C18H16F4N2O2. The summed E-state index contributed by atoms with van der Waals surface area (Å²) in [5, 5.41) is 13.0. The van der Waals surface area contributed by atoms with Crippen LogP contribution in [-0.4, -0.2) is 29.1 Å². The predicted molar refractivity (Wildman–Crippen MR) is 85.5 cm³/mol. The first kappa shape index (κ1) is 18.2. The summed E-state index contributed by atoms with van der Waals surface area (Å²) in [5.74, 6) is -0.424. The Morgan fingerprint density at radius 1 is 1.15 bits per heavy atom. The molecular weight excluding hydrogens is 352 g/mol. The van der Waals surface area contributed by atoms with E-state index in [4.69, 9.17) is 0 Å². The second kappa shape index (κ2) is 6.60. The molecule has 0 aliphatic carbocycles. The van der Waals surface area contributed by atoms with Crippen LogP contribution in [0.1, 0.15) is 16.7 Å². The number of likely N-dealkylation sites (tertiary alicyclic amines) is 1. The predicted octanol–water partition coefficient (Wildman–Crippen LogP) is 3.26. The van der Waals surface area contributed by atoms with E-state index in [1.165, 1.54) is 41.3 Å². The van der Waals surface area contributed by atoms with Gasteiger partial charge in [0.25, 0.3) is 0 Å². The number of rotatable bonds is 3. The summed E-state index contributed by atoms with van der Waals surface area (Å²) in [7, 11) is 0. The number of alkyl halides is 3. The van der Waals surface area contributed by atoms with Crippen LogP contribution < -0.4 is 5.32 Å². The number of nitrogens with one attached hydrogen (secondary N) is 1. The summed E-state index contributed by atoms with van der Waals surface area (Å²) in [6, 6.07) is 9.57. The third-order valence-corrected chi connectivity index (χ3v) is 4.27. The number of hydrogen-bond donors (Lipinski definition) is 2. The van der Waals surface area contributed by atoms with Crippen molar-refractivity contribution in [2.45, 2.75) is 18.3 Å². The Kier molecular flexibility index (Phi) is 4.62. The zero-order valence-corrected chi connectivity index (χ0v) is 13.6. The van der Waals surface area contributed by atoms with E-state index in [0.29, 0.717) is 11.1 Å². The van der Waals surface area contributed by atoms with Crippen LogP contribution in [0, 0.1) is 5.82 Å². The average molecular weight is 368 g/mol. The van der Waals surface area contributed by atoms with E-state index in [9.17, 15) is 27.5 Å². The molecule has 3 rings (SSSR count). The maximum absolute atomic E-state index is 12.9. The maximum Gasteiger partial charge on any atom is 0.416 e. The lowest BCUT2D eigenvalue weighted by atomic mass is 9.86. The molecule has 26 heavy (non-hydrogen) atoms. The Bertz CT molecular complexity index is 800. The van der Waals surface area contributed by atoms with E-state index < -0.39 is 29.2 Å². The highest BCUT2D eigenvalue weighted by Crippen LogP contribution is 2.32. The van der Waals surface area contributed by atoms with Crippen molar-refractivity contribution < 1.29 is 27.5 Å². The molecule has 0 aromatic heterocycles. The Morgan fingerprint density at radius 2 is 1.81 bits per heavy atom. The van der Waals surface area contributed by atoms with Gasteiger partial charge in [-0.3, -0.25) is 0 Å². The average Bonchev–Trinajstić information content (AvgIpc) is 2.57. The smallest absolute Gasteiger partial charge is 0.381 e. The summed E-state index contributed by atoms with van der Waals surface area (Å²) in [5.41, 5.74) is -1.21. The van der Waals surface area contributed by atoms with Gasteiger partial charge in [-0.2, -0.15) is 13.2 Å². The van der Waals surface area contributed by atoms with Crippen molar-refractivity contribution >= 4 is 6.03 Å². The number of β-amino-alcohol motifs (C(OH)–C–C–N with tert-alkyl or cyclic N) is 1. The molecule has 0 spiro atoms. The summed E-state index contributed by atoms with van der Waals surface area (Å²) in [4.78, 5) is 13.4. The number of urea groups is 1. The lowest BCUT2D eigenvalue weighted by molar-refractivity contribution is -0.137. The van der Waals surface area contributed by atoms with Crippen LogP contribution in [0.15, 0.2) is 48.5 Å². The van der Waals surface area contributed by atoms with Crippen LogP contribution in [0.2, 0.25) is 0 Å². The SMILES string of the molecule is O=C(NCc1cccc(C(F)(F)F)c1)N1CC(O)(c2ccc(F)cc2)C1. The number of amides is 2. The van der Waals surface area contributed by atoms with Crippen molar-refractivity contribution in [2.24, 2.45) is 0 Å². The molecule has 2 aromatic rings. The van der Waals surface area contributed by atoms with Gasteiger partial charge >= 0.3 is 12.2 Å². The van der Waals surface area contributed by atoms with Crippen molar-refractivity contribution in [3.8, 4) is 0 Å². The number of carbonyl (C=O) groups excluding carboxylic acids is 1. The first-order valence-corrected chi connectivity index (χ1v) is 7.85. The molecule has 2 N–H and O–H groups in total. The van der Waals surface area contributed by atoms with E-state index in [1.807, 2.05) is 0 Å². The molecule has 0 saturated carbocycles. The molecule has 0 unspecified atom stereocenters. The summed E-state index contributed by atoms with van der Waals surface area (Å²) >= 11 is 0. The van der Waals surface area contributed by atoms with Gasteiger partial charge in [-0.1, -0.05) is 24.3 Å². The van der Waals surface area contributed by atoms with Gasteiger partial charge in [0.15, 0.2) is 0 Å². The Morgan fingerprint density at radius 3 is 2.42 bits per heavy atom. The third kappa shape index (κ3) is 3.80. The zero-order valence-electron chi connectivity index (χ0n) is 13.6. The van der Waals surface area contributed by atoms with Gasteiger partial charge in [-0.15, -0.1) is 0 Å². The molecule has 8 heteroatoms. The van der Waals surface area contributed by atoms with Crippen LogP contribution in [-0.2, 0) is 18.3 Å². The van der Waals surface area contributed by atoms with Gasteiger partial charge in [-0.25, -0.2) is 9.18 Å². The zero-order chi connectivity index (χ0) is 18.9. The van der Waals surface area contributed by atoms with Crippen molar-refractivity contribution in [3.63, 3.8) is 0 Å². The highest BCUT2D eigenvalue weighted by Gasteiger charge is 2.45. The van der Waals surface area contributed by atoms with Crippen LogP contribution in [0.25, 0.3) is 0 Å². The van der Waals surface area contributed by atoms with Crippen molar-refractivity contribution in [1.82, 2.24) is 10.2 Å². The number of nitrogens with zero attached hydrogens (tertiary/aromatic N) is 1. The van der Waals surface area contributed by atoms with Crippen molar-refractivity contribution in [2.75, 3.05) is 13.1 Å². The molecule has 0 bridgehead atoms. The van der Waals surface area contributed by atoms with E-state index in [0.717, 1.165) is 12.1 Å². The number of hydrogen-bond acceptors (Lipinski definition) is 2. The third-order valence-electron chi connectivity index (χ3n) is 4.27. The van der Waals surface area contributed by atoms with Crippen LogP contribution in [0.4, 0.5) is 22.4 Å². The minimum absolute atomic E-state index is 0.0209. The fourth-order valence-corrected chi connectivity index (χ4v) is 2.82. The molecule has 1 heterocycles. The maximum atomic E-state index is 12.9. The molecule has 138 valence electrons. The molecule has 4 nitrogen and oxygen atoms in total. The highest BCUT2D eigenvalue weighted by atomic mass is 19.4. The molecule has 0 atom stereocenters. The molecule has 0 radical (unpaired) electrons. The van der Waals surface area contributed by atoms with Crippen LogP contribution >= 0.6 is 0 Å². The quantitative estimate of drug-likeness (QED) is 0.818. The lowest BCUT2D eigenvalue weighted by Crippen LogP contribution is -2.63. The number of aliphatic hydroxyl groups is 1. The second-order valence-corrected chi connectivity index (χ2v) is 6.25. The largest absolute Gasteiger partial charge is 0.416 e. The van der Waals surface area contributed by atoms with E-state index in [-0.39, 0.29) is 19.6 Å². The van der Waals surface area contributed by atoms with E-state index >= 15 is 0 Å². The lowest BCUT2D eigenvalue weighted by Gasteiger charge is -2.46. The highest BCUT2D eigenvalue weighted by molar-refractivity contribution is 5.75. The minimum atomic E-state index is -4.44. The number of benzene rings is 2. The monoisotopic (exact) mass is 368 g/mol. The second-order valence-electron chi connectivity index (χ2n) is 6.25. The molecule has 1 saturated heterocycles. The number of carbonyl (C=O) groups is 1. The van der Waals surface area contributed by atoms with Gasteiger partial charge in [0.05, 0.1) is 18.7 Å². The first-order chi connectivity index (χ1) is 12.2. The summed E-state index contributed by atoms with van der Waals surface area (Å²) in [6.07, 6.45) is -4.44. The van der Waals surface area contributed by atoms with E-state index in [1.54, 1.807) is 0 Å². The first-order valence-electron chi connectivity index (χ1n) is 7.85. The fraction of sp³-hybridized carbons (Fsp3) is 0.278. The Balaban J connectivity index is 1.55. The minimum Gasteiger partial charge on any atom is -0.381 e. The van der Waals surface area contributed by atoms with Crippen LogP contribution in [0.3, 0.4) is 0 Å². The molecule has 1 aliphatic heterocycles. The van der Waals surface area contributed by atoms with Gasteiger partial charge < -0.3 is 15.3 Å². The van der Waals surface area contributed by atoms with Gasteiger partial charge in [0.1, 0.15) is 11.4 Å². The Hall–Kier alpha value is -2.61. The van der Waals surface area contributed by atoms with Gasteiger partial charge in [0.2, 0.25) is 0 Å². The Labute approximate surface area is 147 Å². The normalized spacial score (nSPS) is 16.1. The van der Waals surface area contributed by atoms with E-state index in [2.05, 4.69) is 5.32 Å². The van der Waals surface area contributed by atoms with Crippen LogP contribution in [0.5, 0.6) is 0 Å². The number of halogens is 4. The molecule has 2 amide bonds. The summed E-state index contributed by atoms with van der Waals surface area (Å²) in [6.45, 7) is -0.0195.